The van der Waals surface area contributed by atoms with E-state index in [-0.39, 0.29) is 17.9 Å². The van der Waals surface area contributed by atoms with Crippen molar-refractivity contribution in [1.82, 2.24) is 10.0 Å². The zero-order valence-electron chi connectivity index (χ0n) is 15.2. The standard InChI is InChI=1S/C19H20N2O6S/c1-14-7-9-16(10-8-14)28(25,26)20-12-11-18(23)27-13-17(22)21-19(24)15-5-3-2-4-6-15/h2-10,20H,11-13H2,1H3,(H,21,22,24). The molecule has 148 valence electrons. The minimum absolute atomic E-state index is 0.0882. The lowest BCUT2D eigenvalue weighted by Crippen LogP contribution is -2.34. The summed E-state index contributed by atoms with van der Waals surface area (Å²) in [5.41, 5.74) is 1.22. The monoisotopic (exact) mass is 404 g/mol. The number of ether oxygens (including phenoxy) is 1. The molecule has 0 unspecified atom stereocenters. The second kappa shape index (κ2) is 9.77. The molecule has 0 heterocycles. The Bertz CT molecular complexity index is 940. The maximum atomic E-state index is 12.1. The number of amides is 2. The first-order valence-corrected chi connectivity index (χ1v) is 9.87. The highest BCUT2D eigenvalue weighted by Gasteiger charge is 2.15. The maximum Gasteiger partial charge on any atom is 0.307 e. The Hall–Kier alpha value is -3.04. The van der Waals surface area contributed by atoms with Gasteiger partial charge in [0.05, 0.1) is 11.3 Å². The van der Waals surface area contributed by atoms with Gasteiger partial charge in [0.25, 0.3) is 11.8 Å². The van der Waals surface area contributed by atoms with Crippen LogP contribution < -0.4 is 10.0 Å². The molecular formula is C19H20N2O6S. The molecule has 9 heteroatoms. The van der Waals surface area contributed by atoms with Crippen molar-refractivity contribution in [1.29, 1.82) is 0 Å². The second-order valence-electron chi connectivity index (χ2n) is 5.86. The minimum Gasteiger partial charge on any atom is -0.456 e. The normalized spacial score (nSPS) is 10.9. The predicted molar refractivity (Wildman–Crippen MR) is 101 cm³/mol. The van der Waals surface area contributed by atoms with Crippen LogP contribution in [0.2, 0.25) is 0 Å². The van der Waals surface area contributed by atoms with E-state index in [0.717, 1.165) is 5.56 Å². The lowest BCUT2D eigenvalue weighted by Gasteiger charge is -2.08. The van der Waals surface area contributed by atoms with Gasteiger partial charge in [0, 0.05) is 12.1 Å². The molecule has 2 aromatic rings. The molecule has 0 bridgehead atoms. The van der Waals surface area contributed by atoms with Gasteiger partial charge in [-0.15, -0.1) is 0 Å². The molecular weight excluding hydrogens is 384 g/mol. The number of hydrogen-bond acceptors (Lipinski definition) is 6. The van der Waals surface area contributed by atoms with Gasteiger partial charge < -0.3 is 4.74 Å². The lowest BCUT2D eigenvalue weighted by molar-refractivity contribution is -0.148. The lowest BCUT2D eigenvalue weighted by atomic mass is 10.2. The molecule has 0 aliphatic carbocycles. The van der Waals surface area contributed by atoms with Gasteiger partial charge in [0.1, 0.15) is 0 Å². The second-order valence-corrected chi connectivity index (χ2v) is 7.63. The van der Waals surface area contributed by atoms with Crippen molar-refractivity contribution < 1.29 is 27.5 Å². The summed E-state index contributed by atoms with van der Waals surface area (Å²) in [5.74, 6) is -2.15. The Balaban J connectivity index is 1.71. The zero-order valence-corrected chi connectivity index (χ0v) is 16.0. The predicted octanol–water partition coefficient (Wildman–Crippen LogP) is 1.16. The van der Waals surface area contributed by atoms with E-state index in [4.69, 9.17) is 4.74 Å². The average Bonchev–Trinajstić information content (AvgIpc) is 2.67. The number of imide groups is 1. The number of hydrogen-bond donors (Lipinski definition) is 2. The van der Waals surface area contributed by atoms with Gasteiger partial charge in [-0.25, -0.2) is 13.1 Å². The van der Waals surface area contributed by atoms with Crippen LogP contribution in [0.3, 0.4) is 0 Å². The van der Waals surface area contributed by atoms with Crippen LogP contribution in [0.15, 0.2) is 59.5 Å². The molecule has 0 fully saturated rings. The third-order valence-corrected chi connectivity index (χ3v) is 5.08. The smallest absolute Gasteiger partial charge is 0.307 e. The summed E-state index contributed by atoms with van der Waals surface area (Å²) in [7, 11) is -3.73. The summed E-state index contributed by atoms with van der Waals surface area (Å²) in [6.07, 6.45) is -0.259. The van der Waals surface area contributed by atoms with Crippen molar-refractivity contribution in [3.63, 3.8) is 0 Å². The van der Waals surface area contributed by atoms with E-state index >= 15 is 0 Å². The van der Waals surface area contributed by atoms with E-state index in [0.29, 0.717) is 5.56 Å². The number of carbonyl (C=O) groups excluding carboxylic acids is 3. The Morgan fingerprint density at radius 3 is 2.25 bits per heavy atom. The van der Waals surface area contributed by atoms with Gasteiger partial charge >= 0.3 is 5.97 Å². The number of benzene rings is 2. The Labute approximate surface area is 163 Å². The quantitative estimate of drug-likeness (QED) is 0.638. The first-order chi connectivity index (χ1) is 13.3. The summed E-state index contributed by atoms with van der Waals surface area (Å²) in [6, 6.07) is 14.4. The number of carbonyl (C=O) groups is 3. The van der Waals surface area contributed by atoms with E-state index in [1.807, 2.05) is 6.92 Å². The minimum atomic E-state index is -3.73. The summed E-state index contributed by atoms with van der Waals surface area (Å²) in [6.45, 7) is 1.02. The zero-order chi connectivity index (χ0) is 20.6. The fourth-order valence-corrected chi connectivity index (χ4v) is 3.16. The fraction of sp³-hybridized carbons (Fsp3) is 0.211. The van der Waals surface area contributed by atoms with Crippen molar-refractivity contribution in [3.8, 4) is 0 Å². The highest BCUT2D eigenvalue weighted by molar-refractivity contribution is 7.89. The van der Waals surface area contributed by atoms with E-state index in [1.165, 1.54) is 24.3 Å². The third kappa shape index (κ3) is 6.60. The van der Waals surface area contributed by atoms with Gasteiger partial charge in [-0.1, -0.05) is 35.9 Å². The molecule has 2 amide bonds. The average molecular weight is 404 g/mol. The molecule has 0 spiro atoms. The molecule has 0 saturated carbocycles. The van der Waals surface area contributed by atoms with Gasteiger partial charge in [0.2, 0.25) is 10.0 Å². The van der Waals surface area contributed by atoms with Crippen molar-refractivity contribution in [3.05, 3.63) is 65.7 Å². The maximum absolute atomic E-state index is 12.1. The first-order valence-electron chi connectivity index (χ1n) is 8.39. The van der Waals surface area contributed by atoms with E-state index in [2.05, 4.69) is 10.0 Å². The van der Waals surface area contributed by atoms with Gasteiger partial charge in [-0.2, -0.15) is 0 Å². The van der Waals surface area contributed by atoms with Gasteiger partial charge in [-0.3, -0.25) is 19.7 Å². The highest BCUT2D eigenvalue weighted by atomic mass is 32.2. The van der Waals surface area contributed by atoms with E-state index < -0.39 is 34.4 Å². The largest absolute Gasteiger partial charge is 0.456 e. The van der Waals surface area contributed by atoms with E-state index in [9.17, 15) is 22.8 Å². The Morgan fingerprint density at radius 1 is 0.964 bits per heavy atom. The molecule has 8 nitrogen and oxygen atoms in total. The molecule has 0 aromatic heterocycles. The molecule has 2 rings (SSSR count). The molecule has 2 N–H and O–H groups in total. The van der Waals surface area contributed by atoms with Gasteiger partial charge in [0.15, 0.2) is 6.61 Å². The highest BCUT2D eigenvalue weighted by Crippen LogP contribution is 2.09. The molecule has 2 aromatic carbocycles. The summed E-state index contributed by atoms with van der Waals surface area (Å²) < 4.78 is 31.2. The topological polar surface area (TPSA) is 119 Å². The number of aryl methyl sites for hydroxylation is 1. The number of nitrogens with one attached hydrogen (secondary N) is 2. The van der Waals surface area contributed by atoms with Crippen LogP contribution in [-0.4, -0.2) is 39.4 Å². The van der Waals surface area contributed by atoms with Crippen molar-refractivity contribution in [2.24, 2.45) is 0 Å². The summed E-state index contributed by atoms with van der Waals surface area (Å²) in [4.78, 5) is 35.2. The van der Waals surface area contributed by atoms with Crippen LogP contribution >= 0.6 is 0 Å². The number of rotatable bonds is 8. The van der Waals surface area contributed by atoms with Crippen LogP contribution in [0.25, 0.3) is 0 Å². The Morgan fingerprint density at radius 2 is 1.61 bits per heavy atom. The fourth-order valence-electron chi connectivity index (χ4n) is 2.13. The Kier molecular flexibility index (Phi) is 7.42. The molecule has 0 radical (unpaired) electrons. The van der Waals surface area contributed by atoms with Crippen molar-refractivity contribution >= 4 is 27.8 Å². The van der Waals surface area contributed by atoms with E-state index in [1.54, 1.807) is 30.3 Å². The van der Waals surface area contributed by atoms with Crippen LogP contribution in [0.4, 0.5) is 0 Å². The van der Waals surface area contributed by atoms with Crippen molar-refractivity contribution in [2.45, 2.75) is 18.2 Å². The molecule has 0 saturated heterocycles. The summed E-state index contributed by atoms with van der Waals surface area (Å²) >= 11 is 0. The molecule has 0 atom stereocenters. The van der Waals surface area contributed by atoms with Gasteiger partial charge in [-0.05, 0) is 31.2 Å². The molecule has 0 aliphatic rings. The number of esters is 1. The SMILES string of the molecule is Cc1ccc(S(=O)(=O)NCCC(=O)OCC(=O)NC(=O)c2ccccc2)cc1. The van der Waals surface area contributed by atoms with Crippen molar-refractivity contribution in [2.75, 3.05) is 13.2 Å². The van der Waals surface area contributed by atoms with Crippen LogP contribution in [0.5, 0.6) is 0 Å². The van der Waals surface area contributed by atoms with Crippen LogP contribution in [-0.2, 0) is 24.3 Å². The molecule has 0 aliphatic heterocycles. The molecule has 28 heavy (non-hydrogen) atoms. The number of sulfonamides is 1. The third-order valence-electron chi connectivity index (χ3n) is 3.61. The first kappa shape index (κ1) is 21.3. The summed E-state index contributed by atoms with van der Waals surface area (Å²) in [5, 5.41) is 2.09. The van der Waals surface area contributed by atoms with Crippen LogP contribution in [0.1, 0.15) is 22.3 Å². The van der Waals surface area contributed by atoms with Crippen LogP contribution in [0, 0.1) is 6.92 Å².